The molecular weight excluding hydrogens is 244 g/mol. The van der Waals surface area contributed by atoms with Gasteiger partial charge in [-0.2, -0.15) is 0 Å². The second-order valence-corrected chi connectivity index (χ2v) is 5.60. The van der Waals surface area contributed by atoms with E-state index < -0.39 is 0 Å². The third-order valence-electron chi connectivity index (χ3n) is 3.55. The van der Waals surface area contributed by atoms with Crippen LogP contribution in [-0.4, -0.2) is 13.1 Å². The van der Waals surface area contributed by atoms with Crippen molar-refractivity contribution in [2.45, 2.75) is 33.2 Å². The van der Waals surface area contributed by atoms with Crippen LogP contribution in [0.1, 0.15) is 38.8 Å². The fourth-order valence-electron chi connectivity index (χ4n) is 2.08. The van der Waals surface area contributed by atoms with Gasteiger partial charge in [-0.05, 0) is 49.0 Å². The van der Waals surface area contributed by atoms with Crippen molar-refractivity contribution in [2.75, 3.05) is 13.1 Å². The molecule has 0 bridgehead atoms. The molecule has 0 heterocycles. The average Bonchev–Trinajstić information content (AvgIpc) is 2.36. The van der Waals surface area contributed by atoms with Crippen molar-refractivity contribution in [3.8, 4) is 0 Å². The van der Waals surface area contributed by atoms with Gasteiger partial charge in [0.25, 0.3) is 0 Å². The number of nitrogens with one attached hydrogen (secondary N) is 1. The van der Waals surface area contributed by atoms with E-state index in [-0.39, 0.29) is 0 Å². The van der Waals surface area contributed by atoms with Gasteiger partial charge in [-0.15, -0.1) is 0 Å². The predicted octanol–water partition coefficient (Wildman–Crippen LogP) is 3.61. The molecule has 0 aliphatic heterocycles. The maximum atomic E-state index is 5.91. The van der Waals surface area contributed by atoms with Gasteiger partial charge in [0.1, 0.15) is 0 Å². The Morgan fingerprint density at radius 2 is 1.83 bits per heavy atom. The number of hydrogen-bond acceptors (Lipinski definition) is 2. The maximum Gasteiger partial charge on any atom is 0.0406 e. The van der Waals surface area contributed by atoms with Gasteiger partial charge < -0.3 is 11.1 Å². The lowest BCUT2D eigenvalue weighted by Crippen LogP contribution is -2.33. The molecule has 1 aromatic rings. The highest BCUT2D eigenvalue weighted by Crippen LogP contribution is 2.20. The molecule has 1 aromatic carbocycles. The van der Waals surface area contributed by atoms with Gasteiger partial charge in [0.05, 0.1) is 0 Å². The lowest BCUT2D eigenvalue weighted by atomic mass is 9.95. The van der Waals surface area contributed by atoms with Crippen molar-refractivity contribution in [3.05, 3.63) is 34.9 Å². The molecule has 0 aliphatic rings. The summed E-state index contributed by atoms with van der Waals surface area (Å²) in [5.74, 6) is 1.15. The molecule has 2 atom stereocenters. The van der Waals surface area contributed by atoms with Crippen LogP contribution in [-0.2, 0) is 0 Å². The van der Waals surface area contributed by atoms with Gasteiger partial charge in [0.15, 0.2) is 0 Å². The minimum absolute atomic E-state index is 0.384. The van der Waals surface area contributed by atoms with E-state index in [1.807, 2.05) is 12.1 Å². The second kappa shape index (κ2) is 7.78. The highest BCUT2D eigenvalue weighted by molar-refractivity contribution is 6.30. The van der Waals surface area contributed by atoms with Crippen molar-refractivity contribution in [1.29, 1.82) is 0 Å². The molecular formula is C15H25ClN2. The first-order valence-corrected chi connectivity index (χ1v) is 7.15. The van der Waals surface area contributed by atoms with Gasteiger partial charge in [-0.25, -0.2) is 0 Å². The average molecular weight is 269 g/mol. The summed E-state index contributed by atoms with van der Waals surface area (Å²) in [5.41, 5.74) is 7.10. The van der Waals surface area contributed by atoms with Crippen LogP contribution < -0.4 is 11.1 Å². The topological polar surface area (TPSA) is 38.0 Å². The summed E-state index contributed by atoms with van der Waals surface area (Å²) in [6, 6.07) is 8.47. The fourth-order valence-corrected chi connectivity index (χ4v) is 2.20. The molecule has 0 saturated carbocycles. The van der Waals surface area contributed by atoms with E-state index in [1.54, 1.807) is 0 Å². The molecule has 0 radical (unpaired) electrons. The van der Waals surface area contributed by atoms with Crippen LogP contribution in [0.2, 0.25) is 5.02 Å². The molecule has 0 spiro atoms. The van der Waals surface area contributed by atoms with E-state index in [9.17, 15) is 0 Å². The Balaban J connectivity index is 2.59. The van der Waals surface area contributed by atoms with E-state index in [2.05, 4.69) is 38.2 Å². The molecule has 102 valence electrons. The summed E-state index contributed by atoms with van der Waals surface area (Å²) in [6.45, 7) is 8.35. The van der Waals surface area contributed by atoms with Crippen LogP contribution in [0.25, 0.3) is 0 Å². The Hall–Kier alpha value is -0.570. The summed E-state index contributed by atoms with van der Waals surface area (Å²) in [4.78, 5) is 0. The monoisotopic (exact) mass is 268 g/mol. The van der Waals surface area contributed by atoms with Gasteiger partial charge in [-0.3, -0.25) is 0 Å². The molecule has 2 nitrogen and oxygen atoms in total. The second-order valence-electron chi connectivity index (χ2n) is 5.16. The predicted molar refractivity (Wildman–Crippen MR) is 79.9 cm³/mol. The van der Waals surface area contributed by atoms with Gasteiger partial charge in [0.2, 0.25) is 0 Å². The zero-order valence-electron chi connectivity index (χ0n) is 11.6. The van der Waals surface area contributed by atoms with Gasteiger partial charge in [-0.1, -0.05) is 44.5 Å². The number of nitrogens with two attached hydrogens (primary N) is 1. The number of halogens is 1. The molecule has 0 fully saturated rings. The van der Waals surface area contributed by atoms with Crippen LogP contribution in [0.3, 0.4) is 0 Å². The summed E-state index contributed by atoms with van der Waals surface area (Å²) >= 11 is 5.91. The van der Waals surface area contributed by atoms with Crippen LogP contribution in [0.4, 0.5) is 0 Å². The lowest BCUT2D eigenvalue weighted by Gasteiger charge is -2.24. The summed E-state index contributed by atoms with van der Waals surface area (Å²) in [6.07, 6.45) is 1.07. The van der Waals surface area contributed by atoms with Gasteiger partial charge in [0, 0.05) is 11.1 Å². The third-order valence-corrected chi connectivity index (χ3v) is 3.80. The van der Waals surface area contributed by atoms with Crippen LogP contribution >= 0.6 is 11.6 Å². The quantitative estimate of drug-likeness (QED) is 0.793. The van der Waals surface area contributed by atoms with Crippen LogP contribution in [0, 0.1) is 11.8 Å². The Bertz CT molecular complexity index is 335. The van der Waals surface area contributed by atoms with Crippen LogP contribution in [0.15, 0.2) is 24.3 Å². The molecule has 3 heteroatoms. The Morgan fingerprint density at radius 3 is 2.28 bits per heavy atom. The maximum absolute atomic E-state index is 5.91. The highest BCUT2D eigenvalue weighted by Gasteiger charge is 2.14. The lowest BCUT2D eigenvalue weighted by molar-refractivity contribution is 0.348. The van der Waals surface area contributed by atoms with Crippen molar-refractivity contribution >= 4 is 11.6 Å². The molecule has 1 rings (SSSR count). The number of benzene rings is 1. The van der Waals surface area contributed by atoms with E-state index in [1.165, 1.54) is 5.56 Å². The zero-order valence-corrected chi connectivity index (χ0v) is 12.4. The minimum atomic E-state index is 0.384. The normalized spacial score (nSPS) is 14.8. The molecule has 0 aromatic heterocycles. The fraction of sp³-hybridized carbons (Fsp3) is 0.600. The zero-order chi connectivity index (χ0) is 13.5. The summed E-state index contributed by atoms with van der Waals surface area (Å²) < 4.78 is 0. The van der Waals surface area contributed by atoms with Crippen molar-refractivity contribution in [3.63, 3.8) is 0 Å². The Morgan fingerprint density at radius 1 is 1.22 bits per heavy atom. The largest absolute Gasteiger partial charge is 0.330 e. The van der Waals surface area contributed by atoms with Gasteiger partial charge >= 0.3 is 0 Å². The molecule has 0 aliphatic carbocycles. The van der Waals surface area contributed by atoms with E-state index in [0.717, 1.165) is 24.5 Å². The first-order valence-electron chi connectivity index (χ1n) is 6.77. The Kier molecular flexibility index (Phi) is 6.69. The number of hydrogen-bond donors (Lipinski definition) is 2. The molecule has 3 N–H and O–H groups in total. The van der Waals surface area contributed by atoms with Crippen molar-refractivity contribution in [1.82, 2.24) is 5.32 Å². The molecule has 2 unspecified atom stereocenters. The van der Waals surface area contributed by atoms with E-state index in [4.69, 9.17) is 17.3 Å². The molecule has 0 saturated heterocycles. The Labute approximate surface area is 116 Å². The van der Waals surface area contributed by atoms with Crippen molar-refractivity contribution in [2.24, 2.45) is 17.6 Å². The third kappa shape index (κ3) is 4.60. The minimum Gasteiger partial charge on any atom is -0.330 e. The molecule has 0 amide bonds. The number of rotatable bonds is 7. The van der Waals surface area contributed by atoms with E-state index >= 15 is 0 Å². The first-order chi connectivity index (χ1) is 8.58. The van der Waals surface area contributed by atoms with Crippen molar-refractivity contribution < 1.29 is 0 Å². The van der Waals surface area contributed by atoms with Crippen LogP contribution in [0.5, 0.6) is 0 Å². The highest BCUT2D eigenvalue weighted by atomic mass is 35.5. The smallest absolute Gasteiger partial charge is 0.0406 e. The first kappa shape index (κ1) is 15.5. The van der Waals surface area contributed by atoms with E-state index in [0.29, 0.717) is 17.9 Å². The standard InChI is InChI=1S/C15H25ClN2/c1-4-15(12-5-7-14(16)8-6-12)18-10-13(9-17)11(2)3/h5-8,11,13,15,18H,4,9-10,17H2,1-3H3. The molecule has 18 heavy (non-hydrogen) atoms. The SMILES string of the molecule is CCC(NCC(CN)C(C)C)c1ccc(Cl)cc1. The summed E-state index contributed by atoms with van der Waals surface area (Å²) in [7, 11) is 0. The summed E-state index contributed by atoms with van der Waals surface area (Å²) in [5, 5.41) is 4.40.